The number of hydrogen-bond donors (Lipinski definition) is 2. The number of ether oxygens (including phenoxy) is 1. The van der Waals surface area contributed by atoms with Gasteiger partial charge in [0.05, 0.1) is 13.7 Å². The van der Waals surface area contributed by atoms with Crippen LogP contribution in [0.25, 0.3) is 0 Å². The van der Waals surface area contributed by atoms with E-state index in [1.165, 1.54) is 7.11 Å². The maximum atomic E-state index is 11.4. The van der Waals surface area contributed by atoms with E-state index in [-0.39, 0.29) is 18.4 Å². The molecule has 1 rings (SSSR count). The zero-order valence-corrected chi connectivity index (χ0v) is 9.70. The molecular formula is C10H16N4O2. The van der Waals surface area contributed by atoms with E-state index in [1.54, 1.807) is 6.07 Å². The Morgan fingerprint density at radius 1 is 1.50 bits per heavy atom. The molecule has 6 nitrogen and oxygen atoms in total. The zero-order valence-electron chi connectivity index (χ0n) is 9.70. The van der Waals surface area contributed by atoms with Crippen LogP contribution in [0.2, 0.25) is 0 Å². The molecule has 0 aliphatic heterocycles. The molecule has 6 heteroatoms. The first-order valence-electron chi connectivity index (χ1n) is 5.06. The van der Waals surface area contributed by atoms with Crippen LogP contribution in [0.4, 0.5) is 5.95 Å². The van der Waals surface area contributed by atoms with Gasteiger partial charge in [-0.25, -0.2) is 4.98 Å². The third-order valence-electron chi connectivity index (χ3n) is 1.83. The quantitative estimate of drug-likeness (QED) is 0.754. The van der Waals surface area contributed by atoms with Crippen LogP contribution in [0, 0.1) is 6.92 Å². The topological polar surface area (TPSA) is 76.1 Å². The van der Waals surface area contributed by atoms with Crippen LogP contribution < -0.4 is 15.4 Å². The first-order chi connectivity index (χ1) is 7.65. The molecule has 0 bridgehead atoms. The van der Waals surface area contributed by atoms with E-state index in [1.807, 2.05) is 13.8 Å². The number of amides is 1. The van der Waals surface area contributed by atoms with E-state index in [2.05, 4.69) is 20.6 Å². The highest BCUT2D eigenvalue weighted by molar-refractivity contribution is 5.90. The Balaban J connectivity index is 2.65. The first-order valence-corrected chi connectivity index (χ1v) is 5.06. The van der Waals surface area contributed by atoms with Gasteiger partial charge in [-0.05, 0) is 13.5 Å². The standard InChI is InChI=1S/C10H16N4O2/c1-4-11-6-8(15)13-10-12-7(2)5-9(14-10)16-3/h5,11H,4,6H2,1-3H3,(H,12,13,14,15). The SMILES string of the molecule is CCNCC(=O)Nc1nc(C)cc(OC)n1. The molecule has 0 saturated carbocycles. The summed E-state index contributed by atoms with van der Waals surface area (Å²) >= 11 is 0. The minimum absolute atomic E-state index is 0.172. The molecular weight excluding hydrogens is 208 g/mol. The molecule has 0 saturated heterocycles. The van der Waals surface area contributed by atoms with Crippen LogP contribution in [-0.4, -0.2) is 36.1 Å². The Labute approximate surface area is 94.4 Å². The van der Waals surface area contributed by atoms with Crippen molar-refractivity contribution in [1.29, 1.82) is 0 Å². The van der Waals surface area contributed by atoms with Crippen molar-refractivity contribution in [2.45, 2.75) is 13.8 Å². The van der Waals surface area contributed by atoms with Crippen molar-refractivity contribution >= 4 is 11.9 Å². The Morgan fingerprint density at radius 3 is 2.88 bits per heavy atom. The number of aromatic nitrogens is 2. The first kappa shape index (κ1) is 12.4. The van der Waals surface area contributed by atoms with Crippen molar-refractivity contribution in [2.24, 2.45) is 0 Å². The van der Waals surface area contributed by atoms with Crippen molar-refractivity contribution in [2.75, 3.05) is 25.5 Å². The third kappa shape index (κ3) is 3.82. The van der Waals surface area contributed by atoms with Gasteiger partial charge in [-0.1, -0.05) is 6.92 Å². The lowest BCUT2D eigenvalue weighted by molar-refractivity contribution is -0.115. The molecule has 0 radical (unpaired) electrons. The van der Waals surface area contributed by atoms with Gasteiger partial charge in [0.25, 0.3) is 0 Å². The third-order valence-corrected chi connectivity index (χ3v) is 1.83. The summed E-state index contributed by atoms with van der Waals surface area (Å²) in [6, 6.07) is 1.69. The number of carbonyl (C=O) groups is 1. The number of nitrogens with zero attached hydrogens (tertiary/aromatic N) is 2. The molecule has 0 unspecified atom stereocenters. The number of aryl methyl sites for hydroxylation is 1. The monoisotopic (exact) mass is 224 g/mol. The van der Waals surface area contributed by atoms with Crippen molar-refractivity contribution < 1.29 is 9.53 Å². The minimum atomic E-state index is -0.172. The van der Waals surface area contributed by atoms with E-state index in [0.717, 1.165) is 12.2 Å². The number of methoxy groups -OCH3 is 1. The summed E-state index contributed by atoms with van der Waals surface area (Å²) in [6.07, 6.45) is 0. The summed E-state index contributed by atoms with van der Waals surface area (Å²) in [6.45, 7) is 4.73. The van der Waals surface area contributed by atoms with Crippen molar-refractivity contribution in [3.63, 3.8) is 0 Å². The number of anilines is 1. The van der Waals surface area contributed by atoms with Crippen LogP contribution in [0.5, 0.6) is 5.88 Å². The molecule has 0 atom stereocenters. The van der Waals surface area contributed by atoms with Gasteiger partial charge >= 0.3 is 0 Å². The minimum Gasteiger partial charge on any atom is -0.481 e. The lowest BCUT2D eigenvalue weighted by atomic mass is 10.4. The van der Waals surface area contributed by atoms with Crippen LogP contribution in [0.15, 0.2) is 6.07 Å². The molecule has 1 heterocycles. The van der Waals surface area contributed by atoms with Gasteiger partial charge in [-0.2, -0.15) is 4.98 Å². The molecule has 16 heavy (non-hydrogen) atoms. The summed E-state index contributed by atoms with van der Waals surface area (Å²) < 4.78 is 4.98. The Bertz CT molecular complexity index is 368. The van der Waals surface area contributed by atoms with Crippen LogP contribution >= 0.6 is 0 Å². The molecule has 0 spiro atoms. The van der Waals surface area contributed by atoms with Gasteiger partial charge in [0.2, 0.25) is 17.7 Å². The maximum absolute atomic E-state index is 11.4. The summed E-state index contributed by atoms with van der Waals surface area (Å²) in [5, 5.41) is 5.50. The number of hydrogen-bond acceptors (Lipinski definition) is 5. The predicted octanol–water partition coefficient (Wildman–Crippen LogP) is 0.342. The number of nitrogens with one attached hydrogen (secondary N) is 2. The van der Waals surface area contributed by atoms with Crippen LogP contribution in [0.1, 0.15) is 12.6 Å². The van der Waals surface area contributed by atoms with E-state index in [9.17, 15) is 4.79 Å². The highest BCUT2D eigenvalue weighted by Crippen LogP contribution is 2.10. The summed E-state index contributed by atoms with van der Waals surface area (Å²) in [5.74, 6) is 0.528. The fraction of sp³-hybridized carbons (Fsp3) is 0.500. The van der Waals surface area contributed by atoms with Gasteiger partial charge in [0.1, 0.15) is 0 Å². The maximum Gasteiger partial charge on any atom is 0.240 e. The summed E-state index contributed by atoms with van der Waals surface area (Å²) in [7, 11) is 1.52. The summed E-state index contributed by atoms with van der Waals surface area (Å²) in [4.78, 5) is 19.5. The Kier molecular flexibility index (Phi) is 4.65. The highest BCUT2D eigenvalue weighted by Gasteiger charge is 2.06. The molecule has 0 fully saturated rings. The number of carbonyl (C=O) groups excluding carboxylic acids is 1. The molecule has 2 N–H and O–H groups in total. The smallest absolute Gasteiger partial charge is 0.240 e. The molecule has 1 aromatic heterocycles. The number of rotatable bonds is 5. The molecule has 1 aromatic rings. The van der Waals surface area contributed by atoms with E-state index >= 15 is 0 Å². The van der Waals surface area contributed by atoms with Crippen LogP contribution in [-0.2, 0) is 4.79 Å². The Hall–Kier alpha value is -1.69. The van der Waals surface area contributed by atoms with Crippen molar-refractivity contribution in [3.8, 4) is 5.88 Å². The molecule has 1 amide bonds. The van der Waals surface area contributed by atoms with Gasteiger partial charge in [-0.15, -0.1) is 0 Å². The van der Waals surface area contributed by atoms with E-state index in [4.69, 9.17) is 4.74 Å². The van der Waals surface area contributed by atoms with Crippen molar-refractivity contribution in [1.82, 2.24) is 15.3 Å². The molecule has 88 valence electrons. The zero-order chi connectivity index (χ0) is 12.0. The van der Waals surface area contributed by atoms with E-state index in [0.29, 0.717) is 5.88 Å². The fourth-order valence-electron chi connectivity index (χ4n) is 1.11. The van der Waals surface area contributed by atoms with Gasteiger partial charge < -0.3 is 10.1 Å². The highest BCUT2D eigenvalue weighted by atomic mass is 16.5. The second kappa shape index (κ2) is 6.02. The van der Waals surface area contributed by atoms with Crippen molar-refractivity contribution in [3.05, 3.63) is 11.8 Å². The molecule has 0 aliphatic rings. The second-order valence-corrected chi connectivity index (χ2v) is 3.20. The van der Waals surface area contributed by atoms with Gasteiger partial charge in [-0.3, -0.25) is 10.1 Å². The molecule has 0 aliphatic carbocycles. The average molecular weight is 224 g/mol. The van der Waals surface area contributed by atoms with E-state index < -0.39 is 0 Å². The normalized spacial score (nSPS) is 9.94. The largest absolute Gasteiger partial charge is 0.481 e. The lowest BCUT2D eigenvalue weighted by Gasteiger charge is -2.06. The lowest BCUT2D eigenvalue weighted by Crippen LogP contribution is -2.28. The van der Waals surface area contributed by atoms with Gasteiger partial charge in [0.15, 0.2) is 0 Å². The predicted molar refractivity (Wildman–Crippen MR) is 60.5 cm³/mol. The van der Waals surface area contributed by atoms with Gasteiger partial charge in [0, 0.05) is 11.8 Å². The number of likely N-dealkylation sites (N-methyl/N-ethyl adjacent to an activating group) is 1. The average Bonchev–Trinajstić information content (AvgIpc) is 2.25. The molecule has 0 aromatic carbocycles. The fourth-order valence-corrected chi connectivity index (χ4v) is 1.11. The van der Waals surface area contributed by atoms with Crippen LogP contribution in [0.3, 0.4) is 0 Å². The second-order valence-electron chi connectivity index (χ2n) is 3.20. The summed E-state index contributed by atoms with van der Waals surface area (Å²) in [5.41, 5.74) is 0.741. The Morgan fingerprint density at radius 2 is 2.25 bits per heavy atom.